The second-order valence-electron chi connectivity index (χ2n) is 7.53. The third kappa shape index (κ3) is 2.97. The van der Waals surface area contributed by atoms with Gasteiger partial charge in [0.15, 0.2) is 4.77 Å². The summed E-state index contributed by atoms with van der Waals surface area (Å²) in [5.74, 6) is -0.0802. The number of nitrogens with one attached hydrogen (secondary N) is 1. The highest BCUT2D eigenvalue weighted by atomic mass is 32.1. The van der Waals surface area contributed by atoms with Gasteiger partial charge in [0.2, 0.25) is 0 Å². The predicted octanol–water partition coefficient (Wildman–Crippen LogP) is 4.42. The first-order valence-corrected chi connectivity index (χ1v) is 10.1. The number of benzene rings is 3. The fourth-order valence-corrected chi connectivity index (χ4v) is 4.27. The van der Waals surface area contributed by atoms with Gasteiger partial charge in [0.05, 0.1) is 10.9 Å². The van der Waals surface area contributed by atoms with E-state index in [9.17, 15) is 9.59 Å². The molecule has 0 fully saturated rings. The standard InChI is InChI=1S/C24H19N3O2S/c1-26-23(29)20-11-10-15(12-21(20)25-24(26)30)22(28)27-13-16-6-2-4-8-18(16)19-9-5-3-7-17(19)14-27/h2-12H,13-14H2,1H3,(H,25,30). The number of aromatic amines is 1. The number of carbonyl (C=O) groups excluding carboxylic acids is 1. The molecule has 30 heavy (non-hydrogen) atoms. The van der Waals surface area contributed by atoms with Gasteiger partial charge in [0, 0.05) is 25.7 Å². The minimum Gasteiger partial charge on any atom is -0.332 e. The normalized spacial score (nSPS) is 12.9. The molecule has 148 valence electrons. The van der Waals surface area contributed by atoms with Crippen molar-refractivity contribution in [1.29, 1.82) is 0 Å². The second-order valence-corrected chi connectivity index (χ2v) is 7.92. The van der Waals surface area contributed by atoms with Crippen LogP contribution in [0.5, 0.6) is 0 Å². The zero-order valence-corrected chi connectivity index (χ0v) is 17.2. The number of fused-ring (bicyclic) bond motifs is 4. The van der Waals surface area contributed by atoms with Crippen LogP contribution in [0.2, 0.25) is 0 Å². The van der Waals surface area contributed by atoms with E-state index in [0.717, 1.165) is 22.3 Å². The van der Waals surface area contributed by atoms with Crippen molar-refractivity contribution in [2.24, 2.45) is 7.05 Å². The Morgan fingerprint density at radius 2 is 1.53 bits per heavy atom. The Morgan fingerprint density at radius 3 is 2.17 bits per heavy atom. The molecule has 6 heteroatoms. The summed E-state index contributed by atoms with van der Waals surface area (Å²) in [6, 6.07) is 21.5. The average Bonchev–Trinajstić information content (AvgIpc) is 2.93. The zero-order chi connectivity index (χ0) is 20.8. The molecule has 1 amide bonds. The van der Waals surface area contributed by atoms with Gasteiger partial charge in [0.1, 0.15) is 0 Å². The number of amides is 1. The molecular formula is C24H19N3O2S. The molecule has 0 saturated carbocycles. The monoisotopic (exact) mass is 413 g/mol. The lowest BCUT2D eigenvalue weighted by Crippen LogP contribution is -2.29. The van der Waals surface area contributed by atoms with Crippen molar-refractivity contribution in [2.75, 3.05) is 0 Å². The maximum atomic E-state index is 13.5. The van der Waals surface area contributed by atoms with Crippen LogP contribution in [0, 0.1) is 4.77 Å². The van der Waals surface area contributed by atoms with E-state index in [-0.39, 0.29) is 11.5 Å². The van der Waals surface area contributed by atoms with E-state index in [1.165, 1.54) is 4.57 Å². The summed E-state index contributed by atoms with van der Waals surface area (Å²) in [6.07, 6.45) is 0. The molecule has 0 radical (unpaired) electrons. The molecule has 0 aliphatic carbocycles. The van der Waals surface area contributed by atoms with Gasteiger partial charge in [-0.05, 0) is 52.7 Å². The third-order valence-corrected chi connectivity index (χ3v) is 6.06. The van der Waals surface area contributed by atoms with E-state index in [1.807, 2.05) is 29.2 Å². The summed E-state index contributed by atoms with van der Waals surface area (Å²) < 4.78 is 1.72. The van der Waals surface area contributed by atoms with Crippen LogP contribution in [0.4, 0.5) is 0 Å². The van der Waals surface area contributed by atoms with Crippen molar-refractivity contribution >= 4 is 29.0 Å². The van der Waals surface area contributed by atoms with Crippen LogP contribution in [0.15, 0.2) is 71.5 Å². The lowest BCUT2D eigenvalue weighted by atomic mass is 9.97. The van der Waals surface area contributed by atoms with Crippen LogP contribution in [0.25, 0.3) is 22.0 Å². The molecule has 1 aliphatic rings. The molecule has 1 aliphatic heterocycles. The van der Waals surface area contributed by atoms with Crippen LogP contribution in [-0.4, -0.2) is 20.4 Å². The summed E-state index contributed by atoms with van der Waals surface area (Å²) in [5.41, 5.74) is 5.48. The van der Waals surface area contributed by atoms with E-state index in [0.29, 0.717) is 34.3 Å². The average molecular weight is 414 g/mol. The predicted molar refractivity (Wildman–Crippen MR) is 120 cm³/mol. The lowest BCUT2D eigenvalue weighted by molar-refractivity contribution is 0.0732. The maximum Gasteiger partial charge on any atom is 0.261 e. The molecule has 1 N–H and O–H groups in total. The molecular weight excluding hydrogens is 394 g/mol. The number of nitrogens with zero attached hydrogens (tertiary/aromatic N) is 2. The summed E-state index contributed by atoms with van der Waals surface area (Å²) in [4.78, 5) is 30.8. The molecule has 0 bridgehead atoms. The minimum absolute atomic E-state index is 0.0802. The molecule has 0 unspecified atom stereocenters. The molecule has 0 spiro atoms. The van der Waals surface area contributed by atoms with E-state index < -0.39 is 0 Å². The Kier molecular flexibility index (Phi) is 4.37. The molecule has 0 saturated heterocycles. The minimum atomic E-state index is -0.176. The van der Waals surface area contributed by atoms with Crippen LogP contribution in [0.3, 0.4) is 0 Å². The van der Waals surface area contributed by atoms with Crippen LogP contribution in [0.1, 0.15) is 21.5 Å². The van der Waals surface area contributed by atoms with Crippen LogP contribution < -0.4 is 5.56 Å². The molecule has 4 aromatic rings. The highest BCUT2D eigenvalue weighted by Gasteiger charge is 2.23. The fraction of sp³-hybridized carbons (Fsp3) is 0.125. The van der Waals surface area contributed by atoms with E-state index >= 15 is 0 Å². The van der Waals surface area contributed by atoms with Crippen molar-refractivity contribution in [3.8, 4) is 11.1 Å². The van der Waals surface area contributed by atoms with Gasteiger partial charge < -0.3 is 9.88 Å². The first-order chi connectivity index (χ1) is 14.5. The van der Waals surface area contributed by atoms with Crippen molar-refractivity contribution in [1.82, 2.24) is 14.5 Å². The quantitative estimate of drug-likeness (QED) is 0.470. The Morgan fingerprint density at radius 1 is 0.933 bits per heavy atom. The van der Waals surface area contributed by atoms with Gasteiger partial charge in [0.25, 0.3) is 11.5 Å². The van der Waals surface area contributed by atoms with Crippen molar-refractivity contribution in [2.45, 2.75) is 13.1 Å². The van der Waals surface area contributed by atoms with Gasteiger partial charge >= 0.3 is 0 Å². The third-order valence-electron chi connectivity index (χ3n) is 5.68. The smallest absolute Gasteiger partial charge is 0.261 e. The first-order valence-electron chi connectivity index (χ1n) is 9.71. The Bertz CT molecular complexity index is 1390. The molecule has 5 rings (SSSR count). The molecule has 5 nitrogen and oxygen atoms in total. The largest absolute Gasteiger partial charge is 0.332 e. The fourth-order valence-electron chi connectivity index (χ4n) is 4.07. The van der Waals surface area contributed by atoms with E-state index in [4.69, 9.17) is 12.2 Å². The van der Waals surface area contributed by atoms with Crippen molar-refractivity contribution in [3.63, 3.8) is 0 Å². The van der Waals surface area contributed by atoms with Crippen molar-refractivity contribution in [3.05, 3.63) is 98.5 Å². The Hall–Kier alpha value is -3.51. The molecule has 1 aromatic heterocycles. The van der Waals surface area contributed by atoms with Gasteiger partial charge in [-0.2, -0.15) is 0 Å². The Labute approximate surface area is 178 Å². The number of rotatable bonds is 1. The van der Waals surface area contributed by atoms with Crippen molar-refractivity contribution < 1.29 is 4.79 Å². The summed E-state index contributed by atoms with van der Waals surface area (Å²) in [7, 11) is 1.63. The summed E-state index contributed by atoms with van der Waals surface area (Å²) in [6.45, 7) is 1.04. The Balaban J connectivity index is 1.60. The number of aromatic nitrogens is 2. The highest BCUT2D eigenvalue weighted by molar-refractivity contribution is 7.71. The first kappa shape index (κ1) is 18.5. The zero-order valence-electron chi connectivity index (χ0n) is 16.4. The summed E-state index contributed by atoms with van der Waals surface area (Å²) in [5, 5.41) is 0.509. The van der Waals surface area contributed by atoms with Gasteiger partial charge in [-0.3, -0.25) is 14.2 Å². The van der Waals surface area contributed by atoms with Gasteiger partial charge in [-0.15, -0.1) is 0 Å². The molecule has 0 atom stereocenters. The van der Waals surface area contributed by atoms with Gasteiger partial charge in [-0.25, -0.2) is 0 Å². The number of hydrogen-bond donors (Lipinski definition) is 1. The van der Waals surface area contributed by atoms with Gasteiger partial charge in [-0.1, -0.05) is 48.5 Å². The van der Waals surface area contributed by atoms with E-state index in [2.05, 4.69) is 29.2 Å². The SMILES string of the molecule is Cn1c(=S)[nH]c2cc(C(=O)N3Cc4ccccc4-c4ccccc4C3)ccc2c1=O. The summed E-state index contributed by atoms with van der Waals surface area (Å²) >= 11 is 5.22. The lowest BCUT2D eigenvalue weighted by Gasteiger charge is -2.22. The number of hydrogen-bond acceptors (Lipinski definition) is 3. The topological polar surface area (TPSA) is 58.1 Å². The number of H-pyrrole nitrogens is 1. The maximum absolute atomic E-state index is 13.5. The van der Waals surface area contributed by atoms with Crippen LogP contribution >= 0.6 is 12.2 Å². The molecule has 2 heterocycles. The number of carbonyl (C=O) groups is 1. The molecule has 3 aromatic carbocycles. The highest BCUT2D eigenvalue weighted by Crippen LogP contribution is 2.33. The van der Waals surface area contributed by atoms with Crippen LogP contribution in [-0.2, 0) is 20.1 Å². The second kappa shape index (κ2) is 7.07. The van der Waals surface area contributed by atoms with E-state index in [1.54, 1.807) is 25.2 Å².